The van der Waals surface area contributed by atoms with Crippen LogP contribution in [0.4, 0.5) is 4.79 Å². The summed E-state index contributed by atoms with van der Waals surface area (Å²) in [5, 5.41) is 9.74. The second kappa shape index (κ2) is 7.32. The van der Waals surface area contributed by atoms with Gasteiger partial charge < -0.3 is 14.7 Å². The molecule has 0 radical (unpaired) electrons. The Bertz CT molecular complexity index is 513. The van der Waals surface area contributed by atoms with E-state index in [0.29, 0.717) is 6.54 Å². The normalized spacial score (nSPS) is 22.9. The largest absolute Gasteiger partial charge is 0.444 e. The third kappa shape index (κ3) is 4.94. The van der Waals surface area contributed by atoms with E-state index in [1.54, 1.807) is 4.90 Å². The Labute approximate surface area is 138 Å². The Morgan fingerprint density at radius 1 is 1.26 bits per heavy atom. The molecule has 0 saturated carbocycles. The highest BCUT2D eigenvalue weighted by Gasteiger charge is 2.35. The predicted octanol–water partition coefficient (Wildman–Crippen LogP) is 2.49. The third-order valence-corrected chi connectivity index (χ3v) is 4.02. The van der Waals surface area contributed by atoms with Gasteiger partial charge >= 0.3 is 6.09 Å². The van der Waals surface area contributed by atoms with Crippen LogP contribution in [0.2, 0.25) is 0 Å². The Hall–Kier alpha value is -1.59. The van der Waals surface area contributed by atoms with E-state index in [2.05, 4.69) is 17.0 Å². The van der Waals surface area contributed by atoms with Gasteiger partial charge in [-0.3, -0.25) is 4.90 Å². The summed E-state index contributed by atoms with van der Waals surface area (Å²) >= 11 is 0. The van der Waals surface area contributed by atoms with Gasteiger partial charge in [-0.15, -0.1) is 0 Å². The summed E-state index contributed by atoms with van der Waals surface area (Å²) in [4.78, 5) is 16.3. The molecule has 0 unspecified atom stereocenters. The lowest BCUT2D eigenvalue weighted by atomic mass is 10.1. The molecule has 0 bridgehead atoms. The fraction of sp³-hybridized carbons (Fsp3) is 0.611. The number of amides is 1. The summed E-state index contributed by atoms with van der Waals surface area (Å²) in [7, 11) is 0. The highest BCUT2D eigenvalue weighted by atomic mass is 16.6. The van der Waals surface area contributed by atoms with Crippen molar-refractivity contribution in [3.63, 3.8) is 0 Å². The van der Waals surface area contributed by atoms with E-state index in [1.807, 2.05) is 45.9 Å². The van der Waals surface area contributed by atoms with Crippen molar-refractivity contribution < 1.29 is 14.6 Å². The minimum Gasteiger partial charge on any atom is -0.444 e. The number of aliphatic hydroxyl groups excluding tert-OH is 1. The molecule has 1 heterocycles. The van der Waals surface area contributed by atoms with Crippen molar-refractivity contribution in [1.29, 1.82) is 0 Å². The maximum absolute atomic E-state index is 12.4. The standard InChI is InChI=1S/C18H28N2O3/c1-14-10-19(11-15-8-6-5-7-9-15)16(13-21)12-20(14)17(22)23-18(2,3)4/h5-9,14,16,21H,10-13H2,1-4H3/t14-,16+/m1/s1. The molecule has 1 aliphatic rings. The van der Waals surface area contributed by atoms with Gasteiger partial charge in [-0.25, -0.2) is 4.79 Å². The van der Waals surface area contributed by atoms with E-state index in [0.717, 1.165) is 13.1 Å². The number of nitrogens with zero attached hydrogens (tertiary/aromatic N) is 2. The number of carbonyl (C=O) groups excluding carboxylic acids is 1. The minimum absolute atomic E-state index is 0.0266. The van der Waals surface area contributed by atoms with Crippen LogP contribution in [0, 0.1) is 0 Å². The van der Waals surface area contributed by atoms with Gasteiger partial charge in [0, 0.05) is 25.7 Å². The molecule has 1 N–H and O–H groups in total. The van der Waals surface area contributed by atoms with Crippen LogP contribution in [0.1, 0.15) is 33.3 Å². The van der Waals surface area contributed by atoms with Crippen LogP contribution in [-0.4, -0.2) is 58.4 Å². The minimum atomic E-state index is -0.507. The summed E-state index contributed by atoms with van der Waals surface area (Å²) in [6.45, 7) is 9.63. The number of hydrogen-bond donors (Lipinski definition) is 1. The fourth-order valence-corrected chi connectivity index (χ4v) is 2.87. The Morgan fingerprint density at radius 3 is 2.48 bits per heavy atom. The monoisotopic (exact) mass is 320 g/mol. The second-order valence-electron chi connectivity index (χ2n) is 7.23. The van der Waals surface area contributed by atoms with Crippen molar-refractivity contribution in [2.45, 2.75) is 51.9 Å². The molecule has 5 heteroatoms. The predicted molar refractivity (Wildman–Crippen MR) is 90.1 cm³/mol. The number of piperazine rings is 1. The maximum atomic E-state index is 12.4. The van der Waals surface area contributed by atoms with Crippen molar-refractivity contribution in [1.82, 2.24) is 9.80 Å². The highest BCUT2D eigenvalue weighted by Crippen LogP contribution is 2.20. The topological polar surface area (TPSA) is 53.0 Å². The Kier molecular flexibility index (Phi) is 5.65. The van der Waals surface area contributed by atoms with E-state index in [9.17, 15) is 9.90 Å². The van der Waals surface area contributed by atoms with Crippen LogP contribution < -0.4 is 0 Å². The van der Waals surface area contributed by atoms with Gasteiger partial charge in [-0.05, 0) is 33.3 Å². The van der Waals surface area contributed by atoms with Crippen LogP contribution in [0.5, 0.6) is 0 Å². The van der Waals surface area contributed by atoms with Crippen molar-refractivity contribution in [3.8, 4) is 0 Å². The molecule has 1 aromatic carbocycles. The zero-order chi connectivity index (χ0) is 17.0. The van der Waals surface area contributed by atoms with Crippen molar-refractivity contribution in [3.05, 3.63) is 35.9 Å². The van der Waals surface area contributed by atoms with Gasteiger partial charge in [0.1, 0.15) is 5.60 Å². The third-order valence-electron chi connectivity index (χ3n) is 4.02. The average Bonchev–Trinajstić information content (AvgIpc) is 2.46. The van der Waals surface area contributed by atoms with Crippen LogP contribution in [0.3, 0.4) is 0 Å². The molecule has 2 rings (SSSR count). The van der Waals surface area contributed by atoms with Gasteiger partial charge in [0.05, 0.1) is 12.6 Å². The molecule has 1 amide bonds. The second-order valence-corrected chi connectivity index (χ2v) is 7.23. The zero-order valence-electron chi connectivity index (χ0n) is 14.5. The molecule has 0 aromatic heterocycles. The molecular formula is C18H28N2O3. The van der Waals surface area contributed by atoms with E-state index in [1.165, 1.54) is 5.56 Å². The molecule has 23 heavy (non-hydrogen) atoms. The molecule has 0 spiro atoms. The number of benzene rings is 1. The molecule has 2 atom stereocenters. The molecular weight excluding hydrogens is 292 g/mol. The van der Waals surface area contributed by atoms with Crippen LogP contribution in [0.25, 0.3) is 0 Å². The summed E-state index contributed by atoms with van der Waals surface area (Å²) in [5.41, 5.74) is 0.705. The molecule has 1 fully saturated rings. The lowest BCUT2D eigenvalue weighted by Gasteiger charge is -2.44. The Morgan fingerprint density at radius 2 is 1.91 bits per heavy atom. The summed E-state index contributed by atoms with van der Waals surface area (Å²) in [6.07, 6.45) is -0.303. The number of aliphatic hydroxyl groups is 1. The van der Waals surface area contributed by atoms with Crippen molar-refractivity contribution in [2.24, 2.45) is 0 Å². The van der Waals surface area contributed by atoms with Crippen LogP contribution in [0.15, 0.2) is 30.3 Å². The first-order valence-electron chi connectivity index (χ1n) is 8.18. The first-order chi connectivity index (χ1) is 10.8. The lowest BCUT2D eigenvalue weighted by molar-refractivity contribution is -0.0238. The summed E-state index contributed by atoms with van der Waals surface area (Å²) in [6, 6.07) is 10.2. The first-order valence-corrected chi connectivity index (χ1v) is 8.18. The molecule has 1 aromatic rings. The van der Waals surface area contributed by atoms with Gasteiger partial charge in [0.15, 0.2) is 0 Å². The quantitative estimate of drug-likeness (QED) is 0.930. The zero-order valence-corrected chi connectivity index (χ0v) is 14.5. The lowest BCUT2D eigenvalue weighted by Crippen LogP contribution is -2.60. The van der Waals surface area contributed by atoms with E-state index < -0.39 is 5.60 Å². The number of ether oxygens (including phenoxy) is 1. The van der Waals surface area contributed by atoms with Gasteiger partial charge in [-0.2, -0.15) is 0 Å². The number of carbonyl (C=O) groups is 1. The van der Waals surface area contributed by atoms with Crippen LogP contribution in [-0.2, 0) is 11.3 Å². The van der Waals surface area contributed by atoms with Gasteiger partial charge in [-0.1, -0.05) is 30.3 Å². The van der Waals surface area contributed by atoms with Gasteiger partial charge in [0.25, 0.3) is 0 Å². The van der Waals surface area contributed by atoms with Crippen molar-refractivity contribution >= 4 is 6.09 Å². The average molecular weight is 320 g/mol. The SMILES string of the molecule is C[C@@H]1CN(Cc2ccccc2)[C@H](CO)CN1C(=O)OC(C)(C)C. The molecule has 128 valence electrons. The summed E-state index contributed by atoms with van der Waals surface area (Å²) in [5.74, 6) is 0. The summed E-state index contributed by atoms with van der Waals surface area (Å²) < 4.78 is 5.48. The number of hydrogen-bond acceptors (Lipinski definition) is 4. The smallest absolute Gasteiger partial charge is 0.410 e. The molecule has 0 aliphatic carbocycles. The Balaban J connectivity index is 2.04. The number of rotatable bonds is 3. The van der Waals surface area contributed by atoms with Gasteiger partial charge in [0.2, 0.25) is 0 Å². The maximum Gasteiger partial charge on any atom is 0.410 e. The fourth-order valence-electron chi connectivity index (χ4n) is 2.87. The molecule has 1 saturated heterocycles. The highest BCUT2D eigenvalue weighted by molar-refractivity contribution is 5.68. The van der Waals surface area contributed by atoms with Crippen molar-refractivity contribution in [2.75, 3.05) is 19.7 Å². The van der Waals surface area contributed by atoms with E-state index in [-0.39, 0.29) is 24.8 Å². The van der Waals surface area contributed by atoms with Crippen LogP contribution >= 0.6 is 0 Å². The molecule has 1 aliphatic heterocycles. The first kappa shape index (κ1) is 17.8. The molecule has 5 nitrogen and oxygen atoms in total. The van der Waals surface area contributed by atoms with E-state index >= 15 is 0 Å². The van der Waals surface area contributed by atoms with E-state index in [4.69, 9.17) is 4.74 Å².